The summed E-state index contributed by atoms with van der Waals surface area (Å²) in [6.45, 7) is 1.49. The number of halogens is 1. The Bertz CT molecular complexity index is 931. The van der Waals surface area contributed by atoms with Gasteiger partial charge in [0.15, 0.2) is 5.82 Å². The normalized spacial score (nSPS) is 10.6. The molecule has 24 heavy (non-hydrogen) atoms. The smallest absolute Gasteiger partial charge is 0.254 e. The standard InChI is InChI=1S/C16H13FN4O3/c1-10-6-14(20-24-10)19-15(22)8-21-9-18-13(7-16(21)23)11-2-4-12(17)5-3-11/h2-7,9H,8H2,1H3,(H,19,20,22). The third-order valence-electron chi connectivity index (χ3n) is 3.23. The fourth-order valence-corrected chi connectivity index (χ4v) is 2.09. The van der Waals surface area contributed by atoms with Crippen LogP contribution in [0.25, 0.3) is 11.3 Å². The summed E-state index contributed by atoms with van der Waals surface area (Å²) in [6, 6.07) is 8.49. The summed E-state index contributed by atoms with van der Waals surface area (Å²) in [6.07, 6.45) is 1.27. The van der Waals surface area contributed by atoms with Crippen molar-refractivity contribution in [2.45, 2.75) is 13.5 Å². The number of amides is 1. The van der Waals surface area contributed by atoms with Crippen LogP contribution in [0.5, 0.6) is 0 Å². The molecule has 2 heterocycles. The highest BCUT2D eigenvalue weighted by atomic mass is 19.1. The van der Waals surface area contributed by atoms with E-state index in [0.717, 1.165) is 4.57 Å². The molecule has 0 atom stereocenters. The molecule has 1 amide bonds. The van der Waals surface area contributed by atoms with Crippen LogP contribution in [0.1, 0.15) is 5.76 Å². The molecule has 2 aromatic heterocycles. The van der Waals surface area contributed by atoms with Crippen molar-refractivity contribution in [1.29, 1.82) is 0 Å². The molecule has 0 saturated carbocycles. The lowest BCUT2D eigenvalue weighted by atomic mass is 10.1. The fourth-order valence-electron chi connectivity index (χ4n) is 2.09. The number of nitrogens with one attached hydrogen (secondary N) is 1. The Morgan fingerprint density at radius 3 is 2.67 bits per heavy atom. The Hall–Kier alpha value is -3.29. The predicted molar refractivity (Wildman–Crippen MR) is 83.8 cm³/mol. The number of nitrogens with zero attached hydrogens (tertiary/aromatic N) is 3. The number of carbonyl (C=O) groups is 1. The van der Waals surface area contributed by atoms with Crippen LogP contribution in [0.15, 0.2) is 52.0 Å². The van der Waals surface area contributed by atoms with Crippen molar-refractivity contribution in [3.63, 3.8) is 0 Å². The molecule has 0 unspecified atom stereocenters. The first-order valence-corrected chi connectivity index (χ1v) is 7.07. The topological polar surface area (TPSA) is 90.0 Å². The molecular weight excluding hydrogens is 315 g/mol. The van der Waals surface area contributed by atoms with Gasteiger partial charge >= 0.3 is 0 Å². The molecule has 1 aromatic carbocycles. The second-order valence-corrected chi connectivity index (χ2v) is 5.12. The van der Waals surface area contributed by atoms with Gasteiger partial charge in [-0.2, -0.15) is 0 Å². The molecule has 1 N–H and O–H groups in total. The Kier molecular flexibility index (Phi) is 4.19. The minimum absolute atomic E-state index is 0.207. The van der Waals surface area contributed by atoms with Gasteiger partial charge in [0.25, 0.3) is 5.56 Å². The number of hydrogen-bond donors (Lipinski definition) is 1. The van der Waals surface area contributed by atoms with E-state index in [4.69, 9.17) is 4.52 Å². The highest BCUT2D eigenvalue weighted by molar-refractivity contribution is 5.89. The van der Waals surface area contributed by atoms with Crippen molar-refractivity contribution in [3.8, 4) is 11.3 Å². The van der Waals surface area contributed by atoms with E-state index in [1.54, 1.807) is 13.0 Å². The Balaban J connectivity index is 1.74. The zero-order valence-corrected chi connectivity index (χ0v) is 12.7. The average molecular weight is 328 g/mol. The molecule has 0 spiro atoms. The van der Waals surface area contributed by atoms with E-state index in [9.17, 15) is 14.0 Å². The first-order chi connectivity index (χ1) is 11.5. The maximum atomic E-state index is 12.9. The minimum Gasteiger partial charge on any atom is -0.360 e. The maximum Gasteiger partial charge on any atom is 0.254 e. The summed E-state index contributed by atoms with van der Waals surface area (Å²) in [5.41, 5.74) is 0.628. The Morgan fingerprint density at radius 2 is 2.04 bits per heavy atom. The van der Waals surface area contributed by atoms with Gasteiger partial charge in [0, 0.05) is 17.7 Å². The molecule has 0 saturated heterocycles. The van der Waals surface area contributed by atoms with Crippen LogP contribution in [-0.2, 0) is 11.3 Å². The van der Waals surface area contributed by atoms with Crippen LogP contribution in [0.3, 0.4) is 0 Å². The first-order valence-electron chi connectivity index (χ1n) is 7.07. The van der Waals surface area contributed by atoms with E-state index in [2.05, 4.69) is 15.5 Å². The van der Waals surface area contributed by atoms with E-state index in [1.807, 2.05) is 0 Å². The van der Waals surface area contributed by atoms with Gasteiger partial charge in [0.1, 0.15) is 18.1 Å². The van der Waals surface area contributed by atoms with Gasteiger partial charge in [-0.25, -0.2) is 9.37 Å². The van der Waals surface area contributed by atoms with Crippen molar-refractivity contribution < 1.29 is 13.7 Å². The second kappa shape index (κ2) is 6.45. The van der Waals surface area contributed by atoms with Gasteiger partial charge in [-0.3, -0.25) is 14.2 Å². The van der Waals surface area contributed by atoms with Crippen LogP contribution in [0.2, 0.25) is 0 Å². The molecule has 7 nitrogen and oxygen atoms in total. The second-order valence-electron chi connectivity index (χ2n) is 5.12. The summed E-state index contributed by atoms with van der Waals surface area (Å²) >= 11 is 0. The molecule has 0 aliphatic carbocycles. The highest BCUT2D eigenvalue weighted by Crippen LogP contribution is 2.15. The molecule has 3 rings (SSSR count). The summed E-state index contributed by atoms with van der Waals surface area (Å²) in [5, 5.41) is 6.16. The number of hydrogen-bond acceptors (Lipinski definition) is 5. The van der Waals surface area contributed by atoms with Gasteiger partial charge in [0.2, 0.25) is 5.91 Å². The summed E-state index contributed by atoms with van der Waals surface area (Å²) in [5.74, 6) is 0.0443. The Morgan fingerprint density at radius 1 is 1.29 bits per heavy atom. The van der Waals surface area contributed by atoms with Crippen LogP contribution >= 0.6 is 0 Å². The largest absolute Gasteiger partial charge is 0.360 e. The molecule has 0 fully saturated rings. The molecular formula is C16H13FN4O3. The molecule has 3 aromatic rings. The quantitative estimate of drug-likeness (QED) is 0.791. The lowest BCUT2D eigenvalue weighted by Gasteiger charge is -2.06. The number of anilines is 1. The van der Waals surface area contributed by atoms with Crippen molar-refractivity contribution in [2.24, 2.45) is 0 Å². The van der Waals surface area contributed by atoms with Gasteiger partial charge < -0.3 is 9.84 Å². The zero-order valence-electron chi connectivity index (χ0n) is 12.7. The zero-order chi connectivity index (χ0) is 17.1. The van der Waals surface area contributed by atoms with E-state index < -0.39 is 11.5 Å². The highest BCUT2D eigenvalue weighted by Gasteiger charge is 2.09. The number of aryl methyl sites for hydroxylation is 1. The lowest BCUT2D eigenvalue weighted by Crippen LogP contribution is -2.27. The van der Waals surface area contributed by atoms with E-state index in [0.29, 0.717) is 17.0 Å². The maximum absolute atomic E-state index is 12.9. The van der Waals surface area contributed by atoms with Crippen LogP contribution in [0.4, 0.5) is 10.2 Å². The van der Waals surface area contributed by atoms with E-state index in [1.165, 1.54) is 36.7 Å². The summed E-state index contributed by atoms with van der Waals surface area (Å²) < 4.78 is 18.9. The monoisotopic (exact) mass is 328 g/mol. The summed E-state index contributed by atoms with van der Waals surface area (Å²) in [4.78, 5) is 28.2. The molecule has 0 aliphatic rings. The number of benzene rings is 1. The molecule has 0 radical (unpaired) electrons. The van der Waals surface area contributed by atoms with Gasteiger partial charge in [-0.05, 0) is 31.2 Å². The number of carbonyl (C=O) groups excluding carboxylic acids is 1. The van der Waals surface area contributed by atoms with Gasteiger partial charge in [0.05, 0.1) is 12.0 Å². The van der Waals surface area contributed by atoms with Gasteiger partial charge in [-0.1, -0.05) is 5.16 Å². The molecule has 0 bridgehead atoms. The Labute approximate surface area is 135 Å². The first kappa shape index (κ1) is 15.6. The SMILES string of the molecule is Cc1cc(NC(=O)Cn2cnc(-c3ccc(F)cc3)cc2=O)no1. The minimum atomic E-state index is -0.429. The third-order valence-corrected chi connectivity index (χ3v) is 3.23. The molecule has 0 aliphatic heterocycles. The van der Waals surface area contributed by atoms with Crippen molar-refractivity contribution in [2.75, 3.05) is 5.32 Å². The van der Waals surface area contributed by atoms with E-state index >= 15 is 0 Å². The fraction of sp³-hybridized carbons (Fsp3) is 0.125. The van der Waals surface area contributed by atoms with Crippen molar-refractivity contribution >= 4 is 11.7 Å². The van der Waals surface area contributed by atoms with Gasteiger partial charge in [-0.15, -0.1) is 0 Å². The predicted octanol–water partition coefficient (Wildman–Crippen LogP) is 1.98. The average Bonchev–Trinajstić information content (AvgIpc) is 2.95. The summed E-state index contributed by atoms with van der Waals surface area (Å²) in [7, 11) is 0. The number of aromatic nitrogens is 3. The molecule has 8 heteroatoms. The van der Waals surface area contributed by atoms with Crippen LogP contribution in [0, 0.1) is 12.7 Å². The number of rotatable bonds is 4. The van der Waals surface area contributed by atoms with Crippen molar-refractivity contribution in [3.05, 3.63) is 64.7 Å². The van der Waals surface area contributed by atoms with Crippen LogP contribution < -0.4 is 10.9 Å². The molecule has 122 valence electrons. The van der Waals surface area contributed by atoms with Crippen molar-refractivity contribution in [1.82, 2.24) is 14.7 Å². The third kappa shape index (κ3) is 3.54. The van der Waals surface area contributed by atoms with Crippen LogP contribution in [-0.4, -0.2) is 20.6 Å². The van der Waals surface area contributed by atoms with E-state index in [-0.39, 0.29) is 18.2 Å². The lowest BCUT2D eigenvalue weighted by molar-refractivity contribution is -0.116.